The Morgan fingerprint density at radius 3 is 2.44 bits per heavy atom. The van der Waals surface area contributed by atoms with E-state index in [9.17, 15) is 17.6 Å². The number of benzene rings is 2. The van der Waals surface area contributed by atoms with E-state index < -0.39 is 15.8 Å². The van der Waals surface area contributed by atoms with Crippen LogP contribution in [-0.4, -0.2) is 14.3 Å². The fourth-order valence-corrected chi connectivity index (χ4v) is 4.10. The number of rotatable bonds is 4. The van der Waals surface area contributed by atoms with Gasteiger partial charge in [0.1, 0.15) is 5.82 Å². The highest BCUT2D eigenvalue weighted by atomic mass is 32.2. The summed E-state index contributed by atoms with van der Waals surface area (Å²) < 4.78 is 41.3. The molecule has 0 spiro atoms. The van der Waals surface area contributed by atoms with Crippen molar-refractivity contribution in [2.45, 2.75) is 37.5 Å². The molecule has 0 unspecified atom stereocenters. The average molecular weight is 362 g/mol. The van der Waals surface area contributed by atoms with Gasteiger partial charge in [-0.15, -0.1) is 0 Å². The zero-order valence-corrected chi connectivity index (χ0v) is 14.6. The zero-order valence-electron chi connectivity index (χ0n) is 13.8. The molecule has 0 radical (unpaired) electrons. The van der Waals surface area contributed by atoms with Gasteiger partial charge in [-0.2, -0.15) is 0 Å². The SMILES string of the molecule is CC(=O)Nc1ccc(F)cc1NS(=O)(=O)c1ccc2c(c1)CCCC2. The first-order valence-corrected chi connectivity index (χ1v) is 9.55. The van der Waals surface area contributed by atoms with Crippen LogP contribution in [0.4, 0.5) is 15.8 Å². The molecule has 0 fully saturated rings. The van der Waals surface area contributed by atoms with Gasteiger partial charge in [0, 0.05) is 13.0 Å². The molecule has 1 aliphatic rings. The Kier molecular flexibility index (Phi) is 4.76. The van der Waals surface area contributed by atoms with Crippen LogP contribution in [0.3, 0.4) is 0 Å². The smallest absolute Gasteiger partial charge is 0.261 e. The number of anilines is 2. The third-order valence-corrected chi connectivity index (χ3v) is 5.53. The topological polar surface area (TPSA) is 75.3 Å². The Labute approximate surface area is 146 Å². The van der Waals surface area contributed by atoms with Gasteiger partial charge in [-0.25, -0.2) is 12.8 Å². The Morgan fingerprint density at radius 2 is 1.72 bits per heavy atom. The van der Waals surface area contributed by atoms with Crippen LogP contribution >= 0.6 is 0 Å². The molecule has 3 rings (SSSR count). The van der Waals surface area contributed by atoms with Crippen molar-refractivity contribution in [1.29, 1.82) is 0 Å². The van der Waals surface area contributed by atoms with Crippen molar-refractivity contribution >= 4 is 27.3 Å². The van der Waals surface area contributed by atoms with Gasteiger partial charge >= 0.3 is 0 Å². The standard InChI is InChI=1S/C18H19FN2O3S/c1-12(22)20-17-9-7-15(19)11-18(17)21-25(23,24)16-8-6-13-4-2-3-5-14(13)10-16/h6-11,21H,2-5H2,1H3,(H,20,22). The molecular weight excluding hydrogens is 343 g/mol. The maximum atomic E-state index is 13.5. The summed E-state index contributed by atoms with van der Waals surface area (Å²) in [5, 5.41) is 2.49. The number of fused-ring (bicyclic) bond motifs is 1. The van der Waals surface area contributed by atoms with E-state index in [0.29, 0.717) is 0 Å². The molecule has 0 atom stereocenters. The first-order valence-electron chi connectivity index (χ1n) is 8.07. The van der Waals surface area contributed by atoms with E-state index in [1.807, 2.05) is 6.07 Å². The van der Waals surface area contributed by atoms with Gasteiger partial charge in [0.15, 0.2) is 0 Å². The lowest BCUT2D eigenvalue weighted by atomic mass is 9.92. The maximum Gasteiger partial charge on any atom is 0.261 e. The van der Waals surface area contributed by atoms with Gasteiger partial charge in [-0.1, -0.05) is 6.07 Å². The lowest BCUT2D eigenvalue weighted by molar-refractivity contribution is -0.114. The van der Waals surface area contributed by atoms with Crippen molar-refractivity contribution in [2.75, 3.05) is 10.0 Å². The lowest BCUT2D eigenvalue weighted by Crippen LogP contribution is -2.17. The predicted octanol–water partition coefficient (Wildman–Crippen LogP) is 3.46. The fourth-order valence-electron chi connectivity index (χ4n) is 2.98. The summed E-state index contributed by atoms with van der Waals surface area (Å²) in [5.74, 6) is -0.974. The number of hydrogen-bond acceptors (Lipinski definition) is 3. The largest absolute Gasteiger partial charge is 0.325 e. The van der Waals surface area contributed by atoms with E-state index in [0.717, 1.165) is 43.4 Å². The molecule has 132 valence electrons. The molecule has 0 saturated heterocycles. The molecule has 2 aromatic carbocycles. The molecule has 0 aliphatic heterocycles. The third-order valence-electron chi connectivity index (χ3n) is 4.17. The molecule has 0 heterocycles. The molecule has 7 heteroatoms. The van der Waals surface area contributed by atoms with Crippen molar-refractivity contribution in [3.8, 4) is 0 Å². The average Bonchev–Trinajstić information content (AvgIpc) is 2.56. The highest BCUT2D eigenvalue weighted by molar-refractivity contribution is 7.92. The number of aryl methyl sites for hydroxylation is 2. The van der Waals surface area contributed by atoms with Crippen molar-refractivity contribution in [2.24, 2.45) is 0 Å². The summed E-state index contributed by atoms with van der Waals surface area (Å²) in [4.78, 5) is 11.4. The molecule has 0 aromatic heterocycles. The Bertz CT molecular complexity index is 926. The number of hydrogen-bond donors (Lipinski definition) is 2. The molecular formula is C18H19FN2O3S. The summed E-state index contributed by atoms with van der Waals surface area (Å²) in [6.07, 6.45) is 3.97. The van der Waals surface area contributed by atoms with Gasteiger partial charge in [0.05, 0.1) is 16.3 Å². The van der Waals surface area contributed by atoms with Crippen molar-refractivity contribution in [1.82, 2.24) is 0 Å². The number of nitrogens with one attached hydrogen (secondary N) is 2. The van der Waals surface area contributed by atoms with Crippen LogP contribution in [0, 0.1) is 5.82 Å². The minimum Gasteiger partial charge on any atom is -0.325 e. The molecule has 25 heavy (non-hydrogen) atoms. The molecule has 1 amide bonds. The van der Waals surface area contributed by atoms with Crippen LogP contribution < -0.4 is 10.0 Å². The molecule has 1 aliphatic carbocycles. The molecule has 0 saturated carbocycles. The van der Waals surface area contributed by atoms with E-state index in [1.165, 1.54) is 18.6 Å². The highest BCUT2D eigenvalue weighted by Gasteiger charge is 2.19. The number of carbonyl (C=O) groups is 1. The van der Waals surface area contributed by atoms with Crippen LogP contribution in [-0.2, 0) is 27.7 Å². The minimum atomic E-state index is -3.89. The molecule has 2 N–H and O–H groups in total. The van der Waals surface area contributed by atoms with Crippen molar-refractivity contribution in [3.63, 3.8) is 0 Å². The van der Waals surface area contributed by atoms with Gasteiger partial charge in [-0.3, -0.25) is 9.52 Å². The Balaban J connectivity index is 1.94. The van der Waals surface area contributed by atoms with Gasteiger partial charge in [0.25, 0.3) is 10.0 Å². The molecule has 0 bridgehead atoms. The lowest BCUT2D eigenvalue weighted by Gasteiger charge is -2.17. The maximum absolute atomic E-state index is 13.5. The minimum absolute atomic E-state index is 0.00655. The Morgan fingerprint density at radius 1 is 1.00 bits per heavy atom. The first kappa shape index (κ1) is 17.4. The van der Waals surface area contributed by atoms with Crippen molar-refractivity contribution in [3.05, 3.63) is 53.3 Å². The van der Waals surface area contributed by atoms with E-state index in [2.05, 4.69) is 10.0 Å². The second-order valence-electron chi connectivity index (χ2n) is 6.11. The second-order valence-corrected chi connectivity index (χ2v) is 7.80. The predicted molar refractivity (Wildman–Crippen MR) is 94.6 cm³/mol. The van der Waals surface area contributed by atoms with E-state index >= 15 is 0 Å². The first-order chi connectivity index (χ1) is 11.8. The normalized spacial score (nSPS) is 13.8. The molecule has 5 nitrogen and oxygen atoms in total. The van der Waals surface area contributed by atoms with Crippen LogP contribution in [0.5, 0.6) is 0 Å². The van der Waals surface area contributed by atoms with Crippen LogP contribution in [0.25, 0.3) is 0 Å². The summed E-state index contributed by atoms with van der Waals surface area (Å²) in [6.45, 7) is 1.30. The monoisotopic (exact) mass is 362 g/mol. The Hall–Kier alpha value is -2.41. The molecule has 2 aromatic rings. The van der Waals surface area contributed by atoms with Crippen LogP contribution in [0.15, 0.2) is 41.3 Å². The fraction of sp³-hybridized carbons (Fsp3) is 0.278. The summed E-state index contributed by atoms with van der Waals surface area (Å²) in [7, 11) is -3.89. The van der Waals surface area contributed by atoms with Crippen LogP contribution in [0.2, 0.25) is 0 Å². The highest BCUT2D eigenvalue weighted by Crippen LogP contribution is 2.28. The number of sulfonamides is 1. The second kappa shape index (κ2) is 6.84. The number of halogens is 1. The van der Waals surface area contributed by atoms with E-state index in [4.69, 9.17) is 0 Å². The summed E-state index contributed by atoms with van der Waals surface area (Å²) in [5.41, 5.74) is 2.41. The third kappa shape index (κ3) is 3.99. The van der Waals surface area contributed by atoms with Gasteiger partial charge < -0.3 is 5.32 Å². The van der Waals surface area contributed by atoms with Gasteiger partial charge in [0.2, 0.25) is 5.91 Å². The van der Waals surface area contributed by atoms with E-state index in [1.54, 1.807) is 12.1 Å². The van der Waals surface area contributed by atoms with E-state index in [-0.39, 0.29) is 22.2 Å². The number of amides is 1. The zero-order chi connectivity index (χ0) is 18.0. The number of carbonyl (C=O) groups excluding carboxylic acids is 1. The summed E-state index contributed by atoms with van der Waals surface area (Å²) in [6, 6.07) is 8.59. The van der Waals surface area contributed by atoms with Crippen molar-refractivity contribution < 1.29 is 17.6 Å². The van der Waals surface area contributed by atoms with Gasteiger partial charge in [-0.05, 0) is 61.1 Å². The van der Waals surface area contributed by atoms with Crippen LogP contribution in [0.1, 0.15) is 30.9 Å². The quantitative estimate of drug-likeness (QED) is 0.875. The summed E-state index contributed by atoms with van der Waals surface area (Å²) >= 11 is 0.